The van der Waals surface area contributed by atoms with Gasteiger partial charge in [-0.1, -0.05) is 12.1 Å². The molecule has 0 aromatic heterocycles. The van der Waals surface area contributed by atoms with Crippen LogP contribution in [0.2, 0.25) is 0 Å². The number of hydrogen-bond donors (Lipinski definition) is 0. The topological polar surface area (TPSA) is 36.1 Å². The fourth-order valence-corrected chi connectivity index (χ4v) is 1.15. The molecule has 0 N–H and O–H groups in total. The van der Waals surface area contributed by atoms with Gasteiger partial charge in [-0.05, 0) is 37.5 Å². The molecule has 0 unspecified atom stereocenters. The van der Waals surface area contributed by atoms with Crippen molar-refractivity contribution in [2.24, 2.45) is 4.99 Å². The Labute approximate surface area is 84.9 Å². The number of nitrogens with zero attached hydrogens (tertiary/aromatic N) is 2. The minimum absolute atomic E-state index is 0.611. The van der Waals surface area contributed by atoms with Crippen LogP contribution in [0.3, 0.4) is 0 Å². The number of aryl methyl sites for hydroxylation is 1. The lowest BCUT2D eigenvalue weighted by Crippen LogP contribution is -1.76. The first-order valence-electron chi connectivity index (χ1n) is 4.79. The maximum Gasteiger partial charge on any atom is 0.0628 e. The van der Waals surface area contributed by atoms with E-state index in [0.717, 1.165) is 18.5 Å². The van der Waals surface area contributed by atoms with Crippen molar-refractivity contribution < 1.29 is 0 Å². The summed E-state index contributed by atoms with van der Waals surface area (Å²) in [7, 11) is 0. The third-order valence-electron chi connectivity index (χ3n) is 1.86. The number of benzene rings is 1. The quantitative estimate of drug-likeness (QED) is 0.524. The van der Waals surface area contributed by atoms with Gasteiger partial charge in [0.25, 0.3) is 0 Å². The van der Waals surface area contributed by atoms with Gasteiger partial charge in [0.15, 0.2) is 0 Å². The standard InChI is InChI=1S/C12H14N2/c1-11-6-5-7-12(10-11)14-9-4-2-3-8-13/h5-7,9-10H,2-4H2,1H3. The SMILES string of the molecule is Cc1cccc(N=CCCCC#N)c1. The van der Waals surface area contributed by atoms with Crippen LogP contribution >= 0.6 is 0 Å². The molecule has 14 heavy (non-hydrogen) atoms. The average molecular weight is 186 g/mol. The Morgan fingerprint density at radius 1 is 1.50 bits per heavy atom. The van der Waals surface area contributed by atoms with Crippen LogP contribution in [-0.4, -0.2) is 6.21 Å². The highest BCUT2D eigenvalue weighted by atomic mass is 14.7. The second kappa shape index (κ2) is 5.93. The van der Waals surface area contributed by atoms with Crippen molar-refractivity contribution in [3.05, 3.63) is 29.8 Å². The summed E-state index contributed by atoms with van der Waals surface area (Å²) in [6.45, 7) is 2.05. The van der Waals surface area contributed by atoms with E-state index in [1.165, 1.54) is 5.56 Å². The summed E-state index contributed by atoms with van der Waals surface area (Å²) in [6.07, 6.45) is 4.26. The summed E-state index contributed by atoms with van der Waals surface area (Å²) in [5.41, 5.74) is 2.21. The number of nitriles is 1. The molecule has 0 bridgehead atoms. The van der Waals surface area contributed by atoms with Gasteiger partial charge in [0.05, 0.1) is 11.8 Å². The zero-order valence-electron chi connectivity index (χ0n) is 8.40. The lowest BCUT2D eigenvalue weighted by atomic mass is 10.2. The summed E-state index contributed by atoms with van der Waals surface area (Å²) in [5.74, 6) is 0. The third kappa shape index (κ3) is 3.86. The second-order valence-electron chi connectivity index (χ2n) is 3.20. The molecule has 1 rings (SSSR count). The lowest BCUT2D eigenvalue weighted by molar-refractivity contribution is 0.912. The maximum absolute atomic E-state index is 8.32. The van der Waals surface area contributed by atoms with Crippen LogP contribution < -0.4 is 0 Å². The Balaban J connectivity index is 2.41. The van der Waals surface area contributed by atoms with Gasteiger partial charge in [0.2, 0.25) is 0 Å². The molecule has 2 heteroatoms. The molecule has 0 spiro atoms. The van der Waals surface area contributed by atoms with Crippen molar-refractivity contribution in [2.45, 2.75) is 26.2 Å². The molecule has 2 nitrogen and oxygen atoms in total. The fourth-order valence-electron chi connectivity index (χ4n) is 1.15. The Morgan fingerprint density at radius 2 is 2.36 bits per heavy atom. The van der Waals surface area contributed by atoms with Crippen molar-refractivity contribution >= 4 is 11.9 Å². The van der Waals surface area contributed by atoms with Crippen LogP contribution in [0.25, 0.3) is 0 Å². The summed E-state index contributed by atoms with van der Waals surface area (Å²) >= 11 is 0. The molecule has 0 atom stereocenters. The normalized spacial score (nSPS) is 10.3. The second-order valence-corrected chi connectivity index (χ2v) is 3.20. The minimum Gasteiger partial charge on any atom is -0.261 e. The minimum atomic E-state index is 0.611. The third-order valence-corrected chi connectivity index (χ3v) is 1.86. The van der Waals surface area contributed by atoms with Crippen molar-refractivity contribution in [3.63, 3.8) is 0 Å². The molecule has 0 fully saturated rings. The smallest absolute Gasteiger partial charge is 0.0628 e. The van der Waals surface area contributed by atoms with Crippen LogP contribution in [0.5, 0.6) is 0 Å². The van der Waals surface area contributed by atoms with Gasteiger partial charge in [-0.25, -0.2) is 0 Å². The van der Waals surface area contributed by atoms with E-state index in [-0.39, 0.29) is 0 Å². The number of unbranched alkanes of at least 4 members (excludes halogenated alkanes) is 2. The molecule has 0 saturated carbocycles. The highest BCUT2D eigenvalue weighted by Gasteiger charge is 1.87. The van der Waals surface area contributed by atoms with E-state index < -0.39 is 0 Å². The molecular formula is C12H14N2. The van der Waals surface area contributed by atoms with E-state index >= 15 is 0 Å². The number of hydrogen-bond acceptors (Lipinski definition) is 2. The van der Waals surface area contributed by atoms with E-state index in [4.69, 9.17) is 5.26 Å². The van der Waals surface area contributed by atoms with Crippen molar-refractivity contribution in [1.82, 2.24) is 0 Å². The zero-order chi connectivity index (χ0) is 10.2. The average Bonchev–Trinajstić information content (AvgIpc) is 2.18. The van der Waals surface area contributed by atoms with Gasteiger partial charge in [-0.2, -0.15) is 5.26 Å². The molecule has 0 radical (unpaired) electrons. The Hall–Kier alpha value is -1.62. The van der Waals surface area contributed by atoms with Gasteiger partial charge in [0, 0.05) is 12.6 Å². The summed E-state index contributed by atoms with van der Waals surface area (Å²) in [6, 6.07) is 10.2. The van der Waals surface area contributed by atoms with E-state index in [9.17, 15) is 0 Å². The van der Waals surface area contributed by atoms with Crippen LogP contribution in [0.15, 0.2) is 29.3 Å². The van der Waals surface area contributed by atoms with Gasteiger partial charge >= 0.3 is 0 Å². The van der Waals surface area contributed by atoms with Crippen LogP contribution in [-0.2, 0) is 0 Å². The molecule has 0 amide bonds. The first-order chi connectivity index (χ1) is 6.83. The summed E-state index contributed by atoms with van der Waals surface area (Å²) < 4.78 is 0. The van der Waals surface area contributed by atoms with E-state index in [1.807, 2.05) is 24.4 Å². The molecule has 0 saturated heterocycles. The van der Waals surface area contributed by atoms with Crippen molar-refractivity contribution in [1.29, 1.82) is 5.26 Å². The van der Waals surface area contributed by atoms with Crippen LogP contribution in [0, 0.1) is 18.3 Å². The Morgan fingerprint density at radius 3 is 3.07 bits per heavy atom. The maximum atomic E-state index is 8.32. The highest BCUT2D eigenvalue weighted by Crippen LogP contribution is 2.12. The fraction of sp³-hybridized carbons (Fsp3) is 0.333. The summed E-state index contributed by atoms with van der Waals surface area (Å²) in [4.78, 5) is 4.30. The largest absolute Gasteiger partial charge is 0.261 e. The van der Waals surface area contributed by atoms with Crippen molar-refractivity contribution in [2.75, 3.05) is 0 Å². The molecular weight excluding hydrogens is 172 g/mol. The molecule has 1 aromatic rings. The molecule has 72 valence electrons. The van der Waals surface area contributed by atoms with Gasteiger partial charge in [-0.15, -0.1) is 0 Å². The van der Waals surface area contributed by atoms with Crippen LogP contribution in [0.4, 0.5) is 5.69 Å². The molecule has 0 aliphatic carbocycles. The molecule has 0 aliphatic heterocycles. The number of rotatable bonds is 4. The van der Waals surface area contributed by atoms with Gasteiger partial charge in [0.1, 0.15) is 0 Å². The zero-order valence-corrected chi connectivity index (χ0v) is 8.40. The first kappa shape index (κ1) is 10.5. The summed E-state index contributed by atoms with van der Waals surface area (Å²) in [5, 5.41) is 8.32. The van der Waals surface area contributed by atoms with E-state index in [1.54, 1.807) is 0 Å². The Kier molecular flexibility index (Phi) is 4.43. The predicted octanol–water partition coefficient (Wildman–Crippen LogP) is 3.39. The molecule has 0 aliphatic rings. The monoisotopic (exact) mass is 186 g/mol. The lowest BCUT2D eigenvalue weighted by Gasteiger charge is -1.94. The first-order valence-corrected chi connectivity index (χ1v) is 4.79. The highest BCUT2D eigenvalue weighted by molar-refractivity contribution is 5.63. The van der Waals surface area contributed by atoms with E-state index in [2.05, 4.69) is 24.1 Å². The molecule has 1 aromatic carbocycles. The van der Waals surface area contributed by atoms with E-state index in [0.29, 0.717) is 6.42 Å². The number of aliphatic imine (C=N–C) groups is 1. The van der Waals surface area contributed by atoms with Gasteiger partial charge < -0.3 is 0 Å². The predicted molar refractivity (Wildman–Crippen MR) is 58.8 cm³/mol. The molecule has 0 heterocycles. The van der Waals surface area contributed by atoms with Crippen LogP contribution in [0.1, 0.15) is 24.8 Å². The van der Waals surface area contributed by atoms with Gasteiger partial charge in [-0.3, -0.25) is 4.99 Å². The Bertz CT molecular complexity index is 348. The van der Waals surface area contributed by atoms with Crippen molar-refractivity contribution in [3.8, 4) is 6.07 Å².